The van der Waals surface area contributed by atoms with Gasteiger partial charge in [-0.3, -0.25) is 9.59 Å². The molecule has 124 valence electrons. The van der Waals surface area contributed by atoms with Gasteiger partial charge in [-0.2, -0.15) is 0 Å². The highest BCUT2D eigenvalue weighted by Gasteiger charge is 2.67. The zero-order valence-corrected chi connectivity index (χ0v) is 14.3. The minimum absolute atomic E-state index is 0.0638. The van der Waals surface area contributed by atoms with Crippen molar-refractivity contribution in [2.75, 3.05) is 31.6 Å². The van der Waals surface area contributed by atoms with Gasteiger partial charge in [0.05, 0.1) is 18.6 Å². The summed E-state index contributed by atoms with van der Waals surface area (Å²) in [5.41, 5.74) is 0.306. The number of anilines is 1. The molecule has 0 aromatic heterocycles. The molecule has 1 saturated carbocycles. The van der Waals surface area contributed by atoms with Crippen LogP contribution in [0.5, 0.6) is 0 Å². The normalized spacial score (nSPS) is 25.8. The van der Waals surface area contributed by atoms with Crippen LogP contribution in [0.15, 0.2) is 24.3 Å². The maximum absolute atomic E-state index is 12.5. The van der Waals surface area contributed by atoms with Gasteiger partial charge in [-0.15, -0.1) is 23.2 Å². The topological polar surface area (TPSA) is 58.6 Å². The molecule has 1 aromatic rings. The number of amides is 2. The molecule has 2 fully saturated rings. The lowest BCUT2D eigenvalue weighted by molar-refractivity contribution is -0.120. The Morgan fingerprint density at radius 2 is 1.91 bits per heavy atom. The van der Waals surface area contributed by atoms with E-state index in [1.165, 1.54) is 0 Å². The molecular formula is C16H18Cl2N2O3. The van der Waals surface area contributed by atoms with Crippen LogP contribution >= 0.6 is 23.2 Å². The van der Waals surface area contributed by atoms with Gasteiger partial charge >= 0.3 is 0 Å². The predicted molar refractivity (Wildman–Crippen MR) is 89.0 cm³/mol. The van der Waals surface area contributed by atoms with E-state index in [9.17, 15) is 9.59 Å². The Hall–Kier alpha value is -1.30. The number of hydrogen-bond acceptors (Lipinski definition) is 3. The number of hydrogen-bond donors (Lipinski definition) is 1. The third-order valence-electron chi connectivity index (χ3n) is 4.42. The lowest BCUT2D eigenvalue weighted by Crippen LogP contribution is -2.40. The quantitative estimate of drug-likeness (QED) is 0.847. The van der Waals surface area contributed by atoms with Crippen LogP contribution in [0, 0.1) is 5.41 Å². The minimum Gasteiger partial charge on any atom is -0.378 e. The van der Waals surface area contributed by atoms with Gasteiger partial charge in [-0.25, -0.2) is 0 Å². The van der Waals surface area contributed by atoms with Gasteiger partial charge in [0.15, 0.2) is 0 Å². The van der Waals surface area contributed by atoms with Gasteiger partial charge in [0.1, 0.15) is 4.33 Å². The molecule has 2 aliphatic rings. The molecule has 1 N–H and O–H groups in total. The standard InChI is InChI=1S/C16H18Cl2N2O3/c1-15(10-16(15,17)18)14(22)19-12-4-2-3-11(9-12)13(21)20-5-7-23-8-6-20/h2-4,9H,5-8,10H2,1H3,(H,19,22)/t15-/m1/s1. The average molecular weight is 357 g/mol. The second-order valence-corrected chi connectivity index (χ2v) is 7.64. The molecule has 5 nitrogen and oxygen atoms in total. The molecule has 0 radical (unpaired) electrons. The summed E-state index contributed by atoms with van der Waals surface area (Å²) in [6.45, 7) is 3.98. The Morgan fingerprint density at radius 3 is 2.52 bits per heavy atom. The smallest absolute Gasteiger partial charge is 0.254 e. The van der Waals surface area contributed by atoms with E-state index in [0.717, 1.165) is 0 Å². The molecule has 2 amide bonds. The first-order valence-corrected chi connectivity index (χ1v) is 8.25. The maximum Gasteiger partial charge on any atom is 0.254 e. The number of rotatable bonds is 3. The van der Waals surface area contributed by atoms with Gasteiger partial charge in [0.25, 0.3) is 5.91 Å². The molecular weight excluding hydrogens is 339 g/mol. The number of ether oxygens (including phenoxy) is 1. The van der Waals surface area contributed by atoms with E-state index >= 15 is 0 Å². The molecule has 0 spiro atoms. The Labute approximate surface area is 144 Å². The van der Waals surface area contributed by atoms with Crippen molar-refractivity contribution in [2.24, 2.45) is 5.41 Å². The zero-order valence-electron chi connectivity index (χ0n) is 12.8. The molecule has 3 rings (SSSR count). The van der Waals surface area contributed by atoms with Crippen LogP contribution in [0.1, 0.15) is 23.7 Å². The van der Waals surface area contributed by atoms with Crippen LogP contribution in [0.4, 0.5) is 5.69 Å². The largest absolute Gasteiger partial charge is 0.378 e. The monoisotopic (exact) mass is 356 g/mol. The SMILES string of the molecule is C[C@]1(C(=O)Nc2cccc(C(=O)N3CCOCC3)c2)CC1(Cl)Cl. The summed E-state index contributed by atoms with van der Waals surface area (Å²) in [7, 11) is 0. The Morgan fingerprint density at radius 1 is 1.26 bits per heavy atom. The third kappa shape index (κ3) is 3.18. The molecule has 23 heavy (non-hydrogen) atoms. The van der Waals surface area contributed by atoms with Crippen molar-refractivity contribution in [3.63, 3.8) is 0 Å². The second kappa shape index (κ2) is 5.96. The van der Waals surface area contributed by atoms with Gasteiger partial charge in [0, 0.05) is 24.3 Å². The number of morpholine rings is 1. The lowest BCUT2D eigenvalue weighted by atomic mass is 10.1. The fraction of sp³-hybridized carbons (Fsp3) is 0.500. The highest BCUT2D eigenvalue weighted by Crippen LogP contribution is 2.64. The molecule has 1 aliphatic heterocycles. The number of carbonyl (C=O) groups excluding carboxylic acids is 2. The summed E-state index contributed by atoms with van der Waals surface area (Å²) >= 11 is 12.0. The number of halogens is 2. The van der Waals surface area contributed by atoms with Crippen molar-refractivity contribution < 1.29 is 14.3 Å². The average Bonchev–Trinajstić information content (AvgIpc) is 3.07. The van der Waals surface area contributed by atoms with E-state index in [1.807, 2.05) is 0 Å². The van der Waals surface area contributed by atoms with Gasteiger partial charge in [-0.1, -0.05) is 6.07 Å². The van der Waals surface area contributed by atoms with Gasteiger partial charge < -0.3 is 15.0 Å². The predicted octanol–water partition coefficient (Wildman–Crippen LogP) is 2.68. The molecule has 0 unspecified atom stereocenters. The lowest BCUT2D eigenvalue weighted by Gasteiger charge is -2.27. The highest BCUT2D eigenvalue weighted by atomic mass is 35.5. The minimum atomic E-state index is -1.02. The van der Waals surface area contributed by atoms with Crippen LogP contribution in [0.2, 0.25) is 0 Å². The van der Waals surface area contributed by atoms with Crippen molar-refractivity contribution in [2.45, 2.75) is 17.7 Å². The molecule has 1 aliphatic carbocycles. The van der Waals surface area contributed by atoms with Crippen molar-refractivity contribution in [1.29, 1.82) is 0 Å². The number of benzene rings is 1. The number of nitrogens with zero attached hydrogens (tertiary/aromatic N) is 1. The summed E-state index contributed by atoms with van der Waals surface area (Å²) in [4.78, 5) is 26.5. The van der Waals surface area contributed by atoms with Crippen molar-refractivity contribution in [1.82, 2.24) is 4.90 Å². The number of carbonyl (C=O) groups is 2. The van der Waals surface area contributed by atoms with E-state index in [1.54, 1.807) is 36.1 Å². The first-order chi connectivity index (χ1) is 10.8. The van der Waals surface area contributed by atoms with Crippen LogP contribution in [0.25, 0.3) is 0 Å². The summed E-state index contributed by atoms with van der Waals surface area (Å²) in [5, 5.41) is 2.79. The van der Waals surface area contributed by atoms with E-state index in [4.69, 9.17) is 27.9 Å². The molecule has 1 saturated heterocycles. The molecule has 1 atom stereocenters. The van der Waals surface area contributed by atoms with E-state index in [0.29, 0.717) is 44.0 Å². The molecule has 1 heterocycles. The number of alkyl halides is 2. The zero-order chi connectivity index (χ0) is 16.7. The van der Waals surface area contributed by atoms with Crippen molar-refractivity contribution in [3.8, 4) is 0 Å². The second-order valence-electron chi connectivity index (χ2n) is 6.15. The molecule has 7 heteroatoms. The molecule has 1 aromatic carbocycles. The van der Waals surface area contributed by atoms with E-state index in [-0.39, 0.29) is 11.8 Å². The van der Waals surface area contributed by atoms with Gasteiger partial charge in [0.2, 0.25) is 5.91 Å². The van der Waals surface area contributed by atoms with Gasteiger partial charge in [-0.05, 0) is 31.5 Å². The van der Waals surface area contributed by atoms with Crippen molar-refractivity contribution in [3.05, 3.63) is 29.8 Å². The first kappa shape index (κ1) is 16.6. The summed E-state index contributed by atoms with van der Waals surface area (Å²) < 4.78 is 4.23. The third-order valence-corrected chi connectivity index (χ3v) is 5.53. The highest BCUT2D eigenvalue weighted by molar-refractivity contribution is 6.53. The first-order valence-electron chi connectivity index (χ1n) is 7.50. The van der Waals surface area contributed by atoms with Crippen molar-refractivity contribution >= 4 is 40.7 Å². The van der Waals surface area contributed by atoms with Crippen LogP contribution in [-0.2, 0) is 9.53 Å². The summed E-state index contributed by atoms with van der Waals surface area (Å²) in [6.07, 6.45) is 0.418. The maximum atomic E-state index is 12.5. The van der Waals surface area contributed by atoms with Crippen LogP contribution in [0.3, 0.4) is 0 Å². The van der Waals surface area contributed by atoms with E-state index in [2.05, 4.69) is 5.32 Å². The van der Waals surface area contributed by atoms with Crippen LogP contribution in [-0.4, -0.2) is 47.4 Å². The fourth-order valence-electron chi connectivity index (χ4n) is 2.59. The summed E-state index contributed by atoms with van der Waals surface area (Å²) in [6, 6.07) is 6.89. The number of nitrogens with one attached hydrogen (secondary N) is 1. The summed E-state index contributed by atoms with van der Waals surface area (Å²) in [5.74, 6) is -0.301. The van der Waals surface area contributed by atoms with E-state index < -0.39 is 9.75 Å². The Bertz CT molecular complexity index is 644. The molecule has 0 bridgehead atoms. The Balaban J connectivity index is 1.70. The van der Waals surface area contributed by atoms with Crippen LogP contribution < -0.4 is 5.32 Å². The Kier molecular flexibility index (Phi) is 4.29. The fourth-order valence-corrected chi connectivity index (χ4v) is 3.30.